The van der Waals surface area contributed by atoms with Crippen molar-refractivity contribution in [3.05, 3.63) is 20.8 Å². The molecule has 0 fully saturated rings. The fourth-order valence-corrected chi connectivity index (χ4v) is 3.06. The predicted octanol–water partition coefficient (Wildman–Crippen LogP) is 3.62. The third kappa shape index (κ3) is 2.73. The summed E-state index contributed by atoms with van der Waals surface area (Å²) in [6.45, 7) is 8.39. The van der Waals surface area contributed by atoms with Crippen LogP contribution in [0.15, 0.2) is 10.8 Å². The maximum absolute atomic E-state index is 6.20. The molecule has 0 bridgehead atoms. The summed E-state index contributed by atoms with van der Waals surface area (Å²) in [5.41, 5.74) is 8.13. The van der Waals surface area contributed by atoms with Gasteiger partial charge in [-0.05, 0) is 12.3 Å². The molecule has 0 aliphatic rings. The highest BCUT2D eigenvalue weighted by atomic mass is 32.1. The van der Waals surface area contributed by atoms with Crippen LogP contribution in [0.5, 0.6) is 0 Å². The minimum atomic E-state index is -0.0269. The summed E-state index contributed by atoms with van der Waals surface area (Å²) in [6, 6.07) is -0.0269. The van der Waals surface area contributed by atoms with E-state index >= 15 is 0 Å². The molecule has 17 heavy (non-hydrogen) atoms. The second-order valence-corrected chi connectivity index (χ2v) is 7.12. The molecule has 2 aromatic rings. The summed E-state index contributed by atoms with van der Waals surface area (Å²) in [7, 11) is 0. The van der Waals surface area contributed by atoms with Crippen LogP contribution in [-0.4, -0.2) is 9.97 Å². The Hall–Kier alpha value is -0.780. The van der Waals surface area contributed by atoms with Crippen molar-refractivity contribution in [2.45, 2.75) is 33.7 Å². The standard InChI is InChI=1S/C12H17N3S2/c1-7-14-8(5-16-7)9-6-17-11(15-9)10(13)12(2,3)4/h5-6,10H,13H2,1-4H3. The molecule has 3 nitrogen and oxygen atoms in total. The first-order valence-electron chi connectivity index (χ1n) is 5.51. The van der Waals surface area contributed by atoms with Gasteiger partial charge < -0.3 is 5.73 Å². The zero-order chi connectivity index (χ0) is 12.6. The van der Waals surface area contributed by atoms with Crippen LogP contribution in [0.4, 0.5) is 0 Å². The normalized spacial score (nSPS) is 13.9. The maximum atomic E-state index is 6.20. The predicted molar refractivity (Wildman–Crippen MR) is 74.3 cm³/mol. The highest BCUT2D eigenvalue weighted by Gasteiger charge is 2.25. The van der Waals surface area contributed by atoms with E-state index in [0.29, 0.717) is 0 Å². The smallest absolute Gasteiger partial charge is 0.111 e. The number of nitrogens with two attached hydrogens (primary N) is 1. The molecule has 0 aromatic carbocycles. The topological polar surface area (TPSA) is 51.8 Å². The summed E-state index contributed by atoms with van der Waals surface area (Å²) in [5.74, 6) is 0. The van der Waals surface area contributed by atoms with Gasteiger partial charge in [0.2, 0.25) is 0 Å². The molecule has 1 unspecified atom stereocenters. The monoisotopic (exact) mass is 267 g/mol. The average Bonchev–Trinajstić information content (AvgIpc) is 2.83. The zero-order valence-corrected chi connectivity index (χ0v) is 12.2. The molecule has 0 aliphatic heterocycles. The fraction of sp³-hybridized carbons (Fsp3) is 0.500. The number of aromatic nitrogens is 2. The largest absolute Gasteiger partial charge is 0.322 e. The maximum Gasteiger partial charge on any atom is 0.111 e. The summed E-state index contributed by atoms with van der Waals surface area (Å²) in [6.07, 6.45) is 0. The Morgan fingerprint density at radius 1 is 1.12 bits per heavy atom. The number of rotatable bonds is 2. The first-order chi connectivity index (χ1) is 7.88. The van der Waals surface area contributed by atoms with E-state index in [4.69, 9.17) is 5.73 Å². The molecule has 2 rings (SSSR count). The molecule has 0 radical (unpaired) electrons. The molecule has 5 heteroatoms. The molecule has 2 heterocycles. The van der Waals surface area contributed by atoms with Crippen LogP contribution in [-0.2, 0) is 0 Å². The van der Waals surface area contributed by atoms with Crippen molar-refractivity contribution in [3.63, 3.8) is 0 Å². The molecular weight excluding hydrogens is 250 g/mol. The molecule has 0 saturated carbocycles. The quantitative estimate of drug-likeness (QED) is 0.904. The van der Waals surface area contributed by atoms with Crippen molar-refractivity contribution in [3.8, 4) is 11.4 Å². The van der Waals surface area contributed by atoms with Gasteiger partial charge in [0.05, 0.1) is 11.0 Å². The van der Waals surface area contributed by atoms with Gasteiger partial charge in [0, 0.05) is 10.8 Å². The van der Waals surface area contributed by atoms with Crippen LogP contribution in [0.1, 0.15) is 36.8 Å². The summed E-state index contributed by atoms with van der Waals surface area (Å²) in [4.78, 5) is 9.04. The number of thiazole rings is 2. The summed E-state index contributed by atoms with van der Waals surface area (Å²) >= 11 is 3.26. The molecule has 2 aromatic heterocycles. The molecular formula is C12H17N3S2. The van der Waals surface area contributed by atoms with Crippen molar-refractivity contribution in [2.75, 3.05) is 0 Å². The van der Waals surface area contributed by atoms with Crippen LogP contribution in [0, 0.1) is 12.3 Å². The van der Waals surface area contributed by atoms with Gasteiger partial charge >= 0.3 is 0 Å². The van der Waals surface area contributed by atoms with Crippen molar-refractivity contribution in [1.29, 1.82) is 0 Å². The number of hydrogen-bond donors (Lipinski definition) is 1. The minimum absolute atomic E-state index is 0.0269. The minimum Gasteiger partial charge on any atom is -0.322 e. The lowest BCUT2D eigenvalue weighted by atomic mass is 9.88. The van der Waals surface area contributed by atoms with Crippen molar-refractivity contribution in [2.24, 2.45) is 11.1 Å². The lowest BCUT2D eigenvalue weighted by Crippen LogP contribution is -2.26. The molecule has 2 N–H and O–H groups in total. The first-order valence-corrected chi connectivity index (χ1v) is 7.27. The highest BCUT2D eigenvalue weighted by Crippen LogP contribution is 2.34. The fourth-order valence-electron chi connectivity index (χ4n) is 1.40. The Morgan fingerprint density at radius 2 is 1.71 bits per heavy atom. The summed E-state index contributed by atoms with van der Waals surface area (Å²) < 4.78 is 0. The van der Waals surface area contributed by atoms with E-state index < -0.39 is 0 Å². The molecule has 1 atom stereocenters. The molecule has 0 aliphatic carbocycles. The van der Waals surface area contributed by atoms with Crippen molar-refractivity contribution in [1.82, 2.24) is 9.97 Å². The SMILES string of the molecule is Cc1nc(-c2csc(C(N)C(C)(C)C)n2)cs1. The van der Waals surface area contributed by atoms with Gasteiger partial charge in [-0.25, -0.2) is 9.97 Å². The van der Waals surface area contributed by atoms with Gasteiger partial charge in [-0.15, -0.1) is 22.7 Å². The zero-order valence-electron chi connectivity index (χ0n) is 10.5. The van der Waals surface area contributed by atoms with Crippen LogP contribution in [0.3, 0.4) is 0 Å². The molecule has 0 spiro atoms. The van der Waals surface area contributed by atoms with Gasteiger partial charge in [-0.3, -0.25) is 0 Å². The van der Waals surface area contributed by atoms with E-state index in [-0.39, 0.29) is 11.5 Å². The van der Waals surface area contributed by atoms with Crippen LogP contribution in [0.25, 0.3) is 11.4 Å². The highest BCUT2D eigenvalue weighted by molar-refractivity contribution is 7.10. The van der Waals surface area contributed by atoms with E-state index in [1.165, 1.54) is 0 Å². The second-order valence-electron chi connectivity index (χ2n) is 5.17. The van der Waals surface area contributed by atoms with Gasteiger partial charge in [0.25, 0.3) is 0 Å². The Labute approximate surface area is 110 Å². The Balaban J connectivity index is 2.28. The van der Waals surface area contributed by atoms with E-state index in [1.807, 2.05) is 17.7 Å². The number of hydrogen-bond acceptors (Lipinski definition) is 5. The molecule has 0 amide bonds. The van der Waals surface area contributed by atoms with Gasteiger partial charge in [-0.2, -0.15) is 0 Å². The Morgan fingerprint density at radius 3 is 2.24 bits per heavy atom. The van der Waals surface area contributed by atoms with Gasteiger partial charge in [0.1, 0.15) is 16.4 Å². The average molecular weight is 267 g/mol. The first kappa shape index (κ1) is 12.7. The Bertz CT molecular complexity index is 508. The van der Waals surface area contributed by atoms with E-state index in [0.717, 1.165) is 21.4 Å². The number of nitrogens with zero attached hydrogens (tertiary/aromatic N) is 2. The lowest BCUT2D eigenvalue weighted by molar-refractivity contribution is 0.326. The van der Waals surface area contributed by atoms with E-state index in [1.54, 1.807) is 22.7 Å². The van der Waals surface area contributed by atoms with Crippen molar-refractivity contribution < 1.29 is 0 Å². The van der Waals surface area contributed by atoms with Crippen LogP contribution in [0.2, 0.25) is 0 Å². The van der Waals surface area contributed by atoms with E-state index in [9.17, 15) is 0 Å². The lowest BCUT2D eigenvalue weighted by Gasteiger charge is -2.24. The molecule has 0 saturated heterocycles. The second kappa shape index (κ2) is 4.48. The number of aryl methyl sites for hydroxylation is 1. The molecule has 92 valence electrons. The third-order valence-corrected chi connectivity index (χ3v) is 4.30. The van der Waals surface area contributed by atoms with Crippen LogP contribution >= 0.6 is 22.7 Å². The van der Waals surface area contributed by atoms with Crippen molar-refractivity contribution >= 4 is 22.7 Å². The van der Waals surface area contributed by atoms with Gasteiger partial charge in [-0.1, -0.05) is 20.8 Å². The third-order valence-electron chi connectivity index (χ3n) is 2.60. The van der Waals surface area contributed by atoms with E-state index in [2.05, 4.69) is 30.7 Å². The van der Waals surface area contributed by atoms with Gasteiger partial charge in [0.15, 0.2) is 0 Å². The summed E-state index contributed by atoms with van der Waals surface area (Å²) in [5, 5.41) is 6.12. The van der Waals surface area contributed by atoms with Crippen LogP contribution < -0.4 is 5.73 Å². The Kier molecular flexibility index (Phi) is 3.34.